The van der Waals surface area contributed by atoms with Crippen LogP contribution in [0.4, 0.5) is 0 Å². The molecule has 6 heteroatoms. The van der Waals surface area contributed by atoms with Crippen molar-refractivity contribution in [2.75, 3.05) is 26.3 Å². The molecule has 0 atom stereocenters. The summed E-state index contributed by atoms with van der Waals surface area (Å²) in [7, 11) is 0. The lowest BCUT2D eigenvalue weighted by molar-refractivity contribution is 0.0203. The van der Waals surface area contributed by atoms with Gasteiger partial charge >= 0.3 is 0 Å². The molecule has 1 aromatic heterocycles. The molecule has 0 radical (unpaired) electrons. The molecule has 0 saturated carbocycles. The second kappa shape index (κ2) is 4.41. The number of aromatic amines is 1. The van der Waals surface area contributed by atoms with Crippen LogP contribution in [0, 0.1) is 0 Å². The number of H-pyrrole nitrogens is 1. The summed E-state index contributed by atoms with van der Waals surface area (Å²) >= 11 is 0. The van der Waals surface area contributed by atoms with Crippen molar-refractivity contribution in [3.8, 4) is 0 Å². The van der Waals surface area contributed by atoms with Crippen LogP contribution in [0.2, 0.25) is 0 Å². The standard InChI is InChI=1S/C9H13N3O3/c13-8-1-2-9(14)12(10-8)7-11-3-5-15-6-4-11/h1-2H,3-7H2,(H,10,13). The van der Waals surface area contributed by atoms with E-state index in [0.29, 0.717) is 19.9 Å². The van der Waals surface area contributed by atoms with Gasteiger partial charge in [0.05, 0.1) is 19.9 Å². The molecule has 15 heavy (non-hydrogen) atoms. The highest BCUT2D eigenvalue weighted by atomic mass is 16.5. The summed E-state index contributed by atoms with van der Waals surface area (Å²) in [5.41, 5.74) is -0.455. The second-order valence-electron chi connectivity index (χ2n) is 3.45. The average molecular weight is 211 g/mol. The van der Waals surface area contributed by atoms with E-state index >= 15 is 0 Å². The number of hydrogen-bond donors (Lipinski definition) is 1. The zero-order valence-electron chi connectivity index (χ0n) is 8.31. The predicted octanol–water partition coefficient (Wildman–Crippen LogP) is -1.17. The maximum absolute atomic E-state index is 11.4. The molecule has 0 aliphatic carbocycles. The third-order valence-corrected chi connectivity index (χ3v) is 2.33. The number of morpholine rings is 1. The fourth-order valence-electron chi connectivity index (χ4n) is 1.51. The van der Waals surface area contributed by atoms with Gasteiger partial charge < -0.3 is 4.74 Å². The van der Waals surface area contributed by atoms with Crippen molar-refractivity contribution in [2.45, 2.75) is 6.67 Å². The molecular formula is C9H13N3O3. The molecule has 0 aromatic carbocycles. The Labute approximate surface area is 86.1 Å². The van der Waals surface area contributed by atoms with E-state index in [9.17, 15) is 9.59 Å². The van der Waals surface area contributed by atoms with Crippen molar-refractivity contribution in [1.82, 2.24) is 14.7 Å². The van der Waals surface area contributed by atoms with Gasteiger partial charge in [0.15, 0.2) is 0 Å². The Morgan fingerprint density at radius 2 is 2.00 bits per heavy atom. The van der Waals surface area contributed by atoms with Crippen LogP contribution in [0.3, 0.4) is 0 Å². The minimum absolute atomic E-state index is 0.193. The van der Waals surface area contributed by atoms with Gasteiger partial charge in [-0.3, -0.25) is 19.6 Å². The molecule has 0 spiro atoms. The van der Waals surface area contributed by atoms with Gasteiger partial charge in [0.2, 0.25) is 0 Å². The van der Waals surface area contributed by atoms with Crippen LogP contribution in [0.1, 0.15) is 0 Å². The minimum Gasteiger partial charge on any atom is -0.379 e. The van der Waals surface area contributed by atoms with Crippen LogP contribution < -0.4 is 11.1 Å². The van der Waals surface area contributed by atoms with E-state index in [4.69, 9.17) is 4.74 Å². The first kappa shape index (κ1) is 10.1. The maximum Gasteiger partial charge on any atom is 0.266 e. The van der Waals surface area contributed by atoms with Gasteiger partial charge in [-0.25, -0.2) is 4.68 Å². The Morgan fingerprint density at radius 1 is 1.27 bits per heavy atom. The van der Waals surface area contributed by atoms with Crippen LogP contribution >= 0.6 is 0 Å². The first-order valence-electron chi connectivity index (χ1n) is 4.86. The van der Waals surface area contributed by atoms with E-state index in [1.54, 1.807) is 0 Å². The fraction of sp³-hybridized carbons (Fsp3) is 0.556. The van der Waals surface area contributed by atoms with Gasteiger partial charge in [0.25, 0.3) is 11.1 Å². The van der Waals surface area contributed by atoms with Gasteiger partial charge in [-0.05, 0) is 0 Å². The van der Waals surface area contributed by atoms with Gasteiger partial charge in [-0.15, -0.1) is 0 Å². The van der Waals surface area contributed by atoms with Crippen molar-refractivity contribution in [2.24, 2.45) is 0 Å². The summed E-state index contributed by atoms with van der Waals surface area (Å²) in [6, 6.07) is 2.51. The third kappa shape index (κ3) is 2.54. The average Bonchev–Trinajstić information content (AvgIpc) is 2.25. The highest BCUT2D eigenvalue weighted by Crippen LogP contribution is 1.96. The summed E-state index contributed by atoms with van der Waals surface area (Å²) < 4.78 is 6.50. The molecule has 1 saturated heterocycles. The normalized spacial score (nSPS) is 17.9. The first-order chi connectivity index (χ1) is 7.25. The monoisotopic (exact) mass is 211 g/mol. The minimum atomic E-state index is -0.261. The van der Waals surface area contributed by atoms with E-state index in [1.807, 2.05) is 0 Å². The molecule has 1 N–H and O–H groups in total. The molecular weight excluding hydrogens is 198 g/mol. The molecule has 0 amide bonds. The Hall–Kier alpha value is -1.40. The van der Waals surface area contributed by atoms with E-state index in [-0.39, 0.29) is 11.1 Å². The lowest BCUT2D eigenvalue weighted by atomic mass is 10.4. The maximum atomic E-state index is 11.4. The SMILES string of the molecule is O=c1ccc(=O)n(CN2CCOCC2)[nH]1. The van der Waals surface area contributed by atoms with Crippen LogP contribution in [0.15, 0.2) is 21.7 Å². The summed E-state index contributed by atoms with van der Waals surface area (Å²) in [5.74, 6) is 0. The quantitative estimate of drug-likeness (QED) is 0.669. The van der Waals surface area contributed by atoms with E-state index in [1.165, 1.54) is 16.8 Å². The first-order valence-corrected chi connectivity index (χ1v) is 4.86. The highest BCUT2D eigenvalue weighted by molar-refractivity contribution is 4.85. The molecule has 6 nitrogen and oxygen atoms in total. The fourth-order valence-corrected chi connectivity index (χ4v) is 1.51. The number of ether oxygens (including phenoxy) is 1. The van der Waals surface area contributed by atoms with Crippen molar-refractivity contribution in [3.63, 3.8) is 0 Å². The van der Waals surface area contributed by atoms with Crippen LogP contribution in [-0.4, -0.2) is 41.0 Å². The number of hydrogen-bond acceptors (Lipinski definition) is 4. The van der Waals surface area contributed by atoms with Crippen molar-refractivity contribution in [3.05, 3.63) is 32.8 Å². The molecule has 1 fully saturated rings. The molecule has 1 aromatic rings. The summed E-state index contributed by atoms with van der Waals surface area (Å²) in [6.45, 7) is 3.32. The summed E-state index contributed by atoms with van der Waals surface area (Å²) in [4.78, 5) is 24.5. The lowest BCUT2D eigenvalue weighted by Gasteiger charge is -2.26. The second-order valence-corrected chi connectivity index (χ2v) is 3.45. The summed E-state index contributed by atoms with van der Waals surface area (Å²) in [6.07, 6.45) is 0. The Balaban J connectivity index is 2.12. The third-order valence-electron chi connectivity index (χ3n) is 2.33. The highest BCUT2D eigenvalue weighted by Gasteiger charge is 2.11. The van der Waals surface area contributed by atoms with Crippen LogP contribution in [-0.2, 0) is 11.4 Å². The van der Waals surface area contributed by atoms with Gasteiger partial charge in [-0.1, -0.05) is 0 Å². The van der Waals surface area contributed by atoms with Crippen molar-refractivity contribution in [1.29, 1.82) is 0 Å². The lowest BCUT2D eigenvalue weighted by Crippen LogP contribution is -2.41. The van der Waals surface area contributed by atoms with E-state index in [0.717, 1.165) is 13.1 Å². The molecule has 82 valence electrons. The molecule has 2 heterocycles. The van der Waals surface area contributed by atoms with Crippen LogP contribution in [0.25, 0.3) is 0 Å². The Bertz CT molecular complexity index is 431. The van der Waals surface area contributed by atoms with E-state index in [2.05, 4.69) is 10.00 Å². The molecule has 0 unspecified atom stereocenters. The van der Waals surface area contributed by atoms with Gasteiger partial charge in [-0.2, -0.15) is 0 Å². The number of nitrogens with one attached hydrogen (secondary N) is 1. The van der Waals surface area contributed by atoms with Crippen molar-refractivity contribution < 1.29 is 4.74 Å². The largest absolute Gasteiger partial charge is 0.379 e. The molecule has 1 aliphatic rings. The topological polar surface area (TPSA) is 67.3 Å². The number of aromatic nitrogens is 2. The molecule has 0 bridgehead atoms. The number of nitrogens with zero attached hydrogens (tertiary/aromatic N) is 2. The predicted molar refractivity (Wildman–Crippen MR) is 53.7 cm³/mol. The van der Waals surface area contributed by atoms with Crippen LogP contribution in [0.5, 0.6) is 0 Å². The summed E-state index contributed by atoms with van der Waals surface area (Å²) in [5, 5.41) is 2.49. The smallest absolute Gasteiger partial charge is 0.266 e. The van der Waals surface area contributed by atoms with E-state index < -0.39 is 0 Å². The van der Waals surface area contributed by atoms with Gasteiger partial charge in [0.1, 0.15) is 0 Å². The molecule has 2 rings (SSSR count). The Kier molecular flexibility index (Phi) is 2.98. The molecule has 1 aliphatic heterocycles. The van der Waals surface area contributed by atoms with Crippen molar-refractivity contribution >= 4 is 0 Å². The zero-order chi connectivity index (χ0) is 10.7. The van der Waals surface area contributed by atoms with Gasteiger partial charge in [0, 0.05) is 25.2 Å². The zero-order valence-corrected chi connectivity index (χ0v) is 8.31. The Morgan fingerprint density at radius 3 is 2.73 bits per heavy atom. The number of rotatable bonds is 2.